The molecule has 3 aromatic rings. The lowest BCUT2D eigenvalue weighted by molar-refractivity contribution is -0.117. The Kier molecular flexibility index (Phi) is 5.14. The quantitative estimate of drug-likeness (QED) is 0.703. The Labute approximate surface area is 147 Å². The Bertz CT molecular complexity index is 826. The van der Waals surface area contributed by atoms with Gasteiger partial charge in [0.05, 0.1) is 0 Å². The van der Waals surface area contributed by atoms with Crippen LogP contribution in [0.25, 0.3) is 0 Å². The van der Waals surface area contributed by atoms with Crippen molar-refractivity contribution in [2.45, 2.75) is 26.3 Å². The molecule has 1 aromatic heterocycles. The number of nitrogens with zero attached hydrogens (tertiary/aromatic N) is 1. The summed E-state index contributed by atoms with van der Waals surface area (Å²) in [5, 5.41) is 9.93. The van der Waals surface area contributed by atoms with E-state index in [4.69, 9.17) is 4.52 Å². The lowest BCUT2D eigenvalue weighted by Crippen LogP contribution is -2.27. The second kappa shape index (κ2) is 7.66. The first-order chi connectivity index (χ1) is 12.2. The predicted octanol–water partition coefficient (Wildman–Crippen LogP) is 4.34. The van der Waals surface area contributed by atoms with Crippen molar-refractivity contribution in [3.8, 4) is 0 Å². The van der Waals surface area contributed by atoms with E-state index in [-0.39, 0.29) is 5.91 Å². The summed E-state index contributed by atoms with van der Waals surface area (Å²) in [7, 11) is 0. The van der Waals surface area contributed by atoms with Crippen molar-refractivity contribution in [1.29, 1.82) is 0 Å². The molecule has 0 radical (unpaired) electrons. The van der Waals surface area contributed by atoms with Crippen molar-refractivity contribution >= 4 is 17.4 Å². The van der Waals surface area contributed by atoms with Gasteiger partial charge < -0.3 is 15.2 Å². The molecule has 0 aliphatic carbocycles. The highest BCUT2D eigenvalue weighted by atomic mass is 16.5. The van der Waals surface area contributed by atoms with Crippen LogP contribution in [-0.2, 0) is 11.2 Å². The van der Waals surface area contributed by atoms with E-state index in [1.54, 1.807) is 13.0 Å². The van der Waals surface area contributed by atoms with Gasteiger partial charge in [0, 0.05) is 11.8 Å². The van der Waals surface area contributed by atoms with Crippen molar-refractivity contribution < 1.29 is 9.32 Å². The average molecular weight is 335 g/mol. The first kappa shape index (κ1) is 16.8. The molecule has 1 heterocycles. The molecule has 0 bridgehead atoms. The van der Waals surface area contributed by atoms with Gasteiger partial charge in [-0.05, 0) is 36.6 Å². The van der Waals surface area contributed by atoms with Gasteiger partial charge in [-0.1, -0.05) is 54.5 Å². The first-order valence-corrected chi connectivity index (χ1v) is 8.30. The van der Waals surface area contributed by atoms with Crippen LogP contribution in [0, 0.1) is 6.92 Å². The van der Waals surface area contributed by atoms with Gasteiger partial charge in [-0.25, -0.2) is 0 Å². The van der Waals surface area contributed by atoms with Gasteiger partial charge in [-0.2, -0.15) is 0 Å². The molecule has 128 valence electrons. The van der Waals surface area contributed by atoms with E-state index in [2.05, 4.69) is 34.8 Å². The molecule has 2 N–H and O–H groups in total. The van der Waals surface area contributed by atoms with Crippen LogP contribution in [0.15, 0.2) is 65.2 Å². The minimum atomic E-state index is -0.536. The van der Waals surface area contributed by atoms with Crippen molar-refractivity contribution in [1.82, 2.24) is 5.16 Å². The third kappa shape index (κ3) is 4.26. The molecule has 0 saturated carbocycles. The smallest absolute Gasteiger partial charge is 0.252 e. The molecule has 0 aliphatic rings. The summed E-state index contributed by atoms with van der Waals surface area (Å²) in [6.45, 7) is 3.90. The molecule has 0 aliphatic heterocycles. The fourth-order valence-corrected chi connectivity index (χ4v) is 2.57. The minimum absolute atomic E-state index is 0.195. The summed E-state index contributed by atoms with van der Waals surface area (Å²) in [6.07, 6.45) is 0.981. The molecular weight excluding hydrogens is 314 g/mol. The largest absolute Gasteiger partial charge is 0.370 e. The van der Waals surface area contributed by atoms with Gasteiger partial charge in [-0.15, -0.1) is 0 Å². The number of aryl methyl sites for hydroxylation is 2. The van der Waals surface area contributed by atoms with E-state index in [0.29, 0.717) is 11.6 Å². The SMILES string of the molecule is CCc1ccc(N[C@@H](C(=O)Nc2cc(C)on2)c2ccccc2)cc1. The molecule has 1 atom stereocenters. The highest BCUT2D eigenvalue weighted by molar-refractivity contribution is 5.96. The molecular formula is C20H21N3O2. The van der Waals surface area contributed by atoms with Gasteiger partial charge in [0.1, 0.15) is 11.8 Å². The number of anilines is 2. The monoisotopic (exact) mass is 335 g/mol. The zero-order valence-corrected chi connectivity index (χ0v) is 14.3. The molecule has 0 saturated heterocycles. The van der Waals surface area contributed by atoms with Crippen LogP contribution >= 0.6 is 0 Å². The topological polar surface area (TPSA) is 67.2 Å². The van der Waals surface area contributed by atoms with Gasteiger partial charge in [0.15, 0.2) is 5.82 Å². The van der Waals surface area contributed by atoms with Gasteiger partial charge in [0.25, 0.3) is 5.91 Å². The summed E-state index contributed by atoms with van der Waals surface area (Å²) in [6, 6.07) is 18.8. The molecule has 0 unspecified atom stereocenters. The Morgan fingerprint density at radius 2 is 1.84 bits per heavy atom. The number of hydrogen-bond acceptors (Lipinski definition) is 4. The third-order valence-corrected chi connectivity index (χ3v) is 3.95. The number of carbonyl (C=O) groups is 1. The summed E-state index contributed by atoms with van der Waals surface area (Å²) >= 11 is 0. The Balaban J connectivity index is 1.82. The van der Waals surface area contributed by atoms with Crippen LogP contribution in [-0.4, -0.2) is 11.1 Å². The van der Waals surface area contributed by atoms with Crippen LogP contribution < -0.4 is 10.6 Å². The van der Waals surface area contributed by atoms with Crippen LogP contribution in [0.4, 0.5) is 11.5 Å². The van der Waals surface area contributed by atoms with E-state index >= 15 is 0 Å². The minimum Gasteiger partial charge on any atom is -0.370 e. The highest BCUT2D eigenvalue weighted by Crippen LogP contribution is 2.22. The van der Waals surface area contributed by atoms with Gasteiger partial charge >= 0.3 is 0 Å². The average Bonchev–Trinajstić information content (AvgIpc) is 3.05. The van der Waals surface area contributed by atoms with E-state index in [1.807, 2.05) is 42.5 Å². The second-order valence-electron chi connectivity index (χ2n) is 5.85. The third-order valence-electron chi connectivity index (χ3n) is 3.95. The van der Waals surface area contributed by atoms with Gasteiger partial charge in [0.2, 0.25) is 0 Å². The predicted molar refractivity (Wildman–Crippen MR) is 98.5 cm³/mol. The van der Waals surface area contributed by atoms with E-state index in [9.17, 15) is 4.79 Å². The maximum absolute atomic E-state index is 12.8. The maximum Gasteiger partial charge on any atom is 0.252 e. The highest BCUT2D eigenvalue weighted by Gasteiger charge is 2.21. The number of nitrogens with one attached hydrogen (secondary N) is 2. The number of hydrogen-bond donors (Lipinski definition) is 2. The molecule has 0 fully saturated rings. The zero-order valence-electron chi connectivity index (χ0n) is 14.3. The standard InChI is InChI=1S/C20H21N3O2/c1-3-15-9-11-17(12-10-15)21-19(16-7-5-4-6-8-16)20(24)22-18-13-14(2)25-23-18/h4-13,19,21H,3H2,1-2H3,(H,22,23,24)/t19-/m1/s1. The van der Waals surface area contributed by atoms with Crippen LogP contribution in [0.5, 0.6) is 0 Å². The molecule has 1 amide bonds. The van der Waals surface area contributed by atoms with Crippen molar-refractivity contribution in [2.75, 3.05) is 10.6 Å². The summed E-state index contributed by atoms with van der Waals surface area (Å²) in [5.74, 6) is 0.861. The lowest BCUT2D eigenvalue weighted by Gasteiger charge is -2.19. The van der Waals surface area contributed by atoms with E-state index in [0.717, 1.165) is 17.7 Å². The zero-order chi connectivity index (χ0) is 17.6. The first-order valence-electron chi connectivity index (χ1n) is 8.30. The number of amides is 1. The van der Waals surface area contributed by atoms with E-state index < -0.39 is 6.04 Å². The molecule has 0 spiro atoms. The summed E-state index contributed by atoms with van der Waals surface area (Å²) in [5.41, 5.74) is 3.02. The molecule has 2 aromatic carbocycles. The Morgan fingerprint density at radius 3 is 2.44 bits per heavy atom. The van der Waals surface area contributed by atoms with Crippen molar-refractivity contribution in [2.24, 2.45) is 0 Å². The van der Waals surface area contributed by atoms with Crippen molar-refractivity contribution in [3.63, 3.8) is 0 Å². The number of rotatable bonds is 6. The lowest BCUT2D eigenvalue weighted by atomic mass is 10.1. The summed E-state index contributed by atoms with van der Waals surface area (Å²) < 4.78 is 5.01. The molecule has 5 heteroatoms. The van der Waals surface area contributed by atoms with Crippen LogP contribution in [0.3, 0.4) is 0 Å². The number of benzene rings is 2. The molecule has 5 nitrogen and oxygen atoms in total. The Hall–Kier alpha value is -3.08. The maximum atomic E-state index is 12.8. The van der Waals surface area contributed by atoms with Crippen LogP contribution in [0.1, 0.15) is 29.9 Å². The van der Waals surface area contributed by atoms with E-state index in [1.165, 1.54) is 5.56 Å². The Morgan fingerprint density at radius 1 is 1.12 bits per heavy atom. The van der Waals surface area contributed by atoms with Crippen molar-refractivity contribution in [3.05, 3.63) is 77.6 Å². The normalized spacial score (nSPS) is 11.8. The molecule has 25 heavy (non-hydrogen) atoms. The second-order valence-corrected chi connectivity index (χ2v) is 5.85. The molecule has 3 rings (SSSR count). The fourth-order valence-electron chi connectivity index (χ4n) is 2.57. The fraction of sp³-hybridized carbons (Fsp3) is 0.200. The van der Waals surface area contributed by atoms with Crippen LogP contribution in [0.2, 0.25) is 0 Å². The van der Waals surface area contributed by atoms with Gasteiger partial charge in [-0.3, -0.25) is 4.79 Å². The number of aromatic nitrogens is 1. The number of carbonyl (C=O) groups excluding carboxylic acids is 1. The summed E-state index contributed by atoms with van der Waals surface area (Å²) in [4.78, 5) is 12.8.